The number of carbonyl (C=O) groups is 3. The molecule has 2 fully saturated rings. The molecule has 0 radical (unpaired) electrons. The van der Waals surface area contributed by atoms with Crippen LogP contribution in [0.5, 0.6) is 0 Å². The zero-order valence-electron chi connectivity index (χ0n) is 15.1. The number of benzene rings is 1. The molecule has 0 aliphatic carbocycles. The average molecular weight is 359 g/mol. The average Bonchev–Trinajstić information content (AvgIpc) is 2.57. The molecule has 4 rings (SSSR count). The number of fused-ring (bicyclic) bond motifs is 4. The fourth-order valence-electron chi connectivity index (χ4n) is 5.20. The molecule has 7 heteroatoms. The Labute approximate surface area is 151 Å². The Bertz CT molecular complexity index is 826. The number of amides is 4. The van der Waals surface area contributed by atoms with Gasteiger partial charge in [0.2, 0.25) is 11.8 Å². The van der Waals surface area contributed by atoms with Gasteiger partial charge in [-0.05, 0) is 36.3 Å². The molecule has 1 spiro atoms. The number of imide groups is 2. The van der Waals surface area contributed by atoms with E-state index in [4.69, 9.17) is 0 Å². The molecule has 0 saturated carbocycles. The number of hydrogen-bond donors (Lipinski definition) is 1. The van der Waals surface area contributed by atoms with Crippen molar-refractivity contribution in [2.24, 2.45) is 17.3 Å². The van der Waals surface area contributed by atoms with Gasteiger partial charge in [0.05, 0.1) is 11.7 Å². The van der Waals surface area contributed by atoms with Crippen LogP contribution in [-0.2, 0) is 16.0 Å². The first-order valence-corrected chi connectivity index (χ1v) is 8.95. The molecule has 3 aliphatic heterocycles. The summed E-state index contributed by atoms with van der Waals surface area (Å²) in [5.74, 6) is -1.10. The smallest absolute Gasteiger partial charge is 0.330 e. The number of hydrogen-bond acceptors (Lipinski definition) is 4. The summed E-state index contributed by atoms with van der Waals surface area (Å²) in [6.45, 7) is 4.66. The molecular formula is C19H22FN3O3. The number of para-hydroxylation sites is 1. The minimum atomic E-state index is -1.41. The topological polar surface area (TPSA) is 69.7 Å². The number of urea groups is 1. The molecular weight excluding hydrogens is 337 g/mol. The number of anilines is 1. The van der Waals surface area contributed by atoms with Gasteiger partial charge >= 0.3 is 6.03 Å². The van der Waals surface area contributed by atoms with Crippen molar-refractivity contribution in [3.63, 3.8) is 0 Å². The van der Waals surface area contributed by atoms with Crippen LogP contribution < -0.4 is 10.2 Å². The van der Waals surface area contributed by atoms with Gasteiger partial charge in [-0.3, -0.25) is 19.8 Å². The summed E-state index contributed by atoms with van der Waals surface area (Å²) in [6.07, 6.45) is 0.938. The van der Waals surface area contributed by atoms with Crippen LogP contribution >= 0.6 is 0 Å². The summed E-state index contributed by atoms with van der Waals surface area (Å²) in [5.41, 5.74) is -0.293. The van der Waals surface area contributed by atoms with Gasteiger partial charge in [0.25, 0.3) is 0 Å². The van der Waals surface area contributed by atoms with E-state index in [2.05, 4.69) is 12.2 Å². The van der Waals surface area contributed by atoms with E-state index in [1.807, 2.05) is 11.8 Å². The summed E-state index contributed by atoms with van der Waals surface area (Å²) in [7, 11) is 1.38. The Kier molecular flexibility index (Phi) is 3.61. The van der Waals surface area contributed by atoms with Crippen LogP contribution in [0.2, 0.25) is 0 Å². The zero-order chi connectivity index (χ0) is 18.8. The molecule has 6 nitrogen and oxygen atoms in total. The number of halogens is 1. The van der Waals surface area contributed by atoms with Gasteiger partial charge in [0.15, 0.2) is 5.41 Å². The van der Waals surface area contributed by atoms with Crippen LogP contribution in [0.4, 0.5) is 14.9 Å². The lowest BCUT2D eigenvalue weighted by Crippen LogP contribution is -2.73. The molecule has 3 aliphatic rings. The summed E-state index contributed by atoms with van der Waals surface area (Å²) in [5, 5.41) is 2.34. The third-order valence-electron chi connectivity index (χ3n) is 6.11. The first-order valence-electron chi connectivity index (χ1n) is 8.95. The van der Waals surface area contributed by atoms with Gasteiger partial charge < -0.3 is 4.90 Å². The second-order valence-electron chi connectivity index (χ2n) is 7.93. The SMILES string of the molecule is C[C@H]1C[C@@H](C)[C@H]2N(C1)c1c(F)cccc1C[C@@]21C(=O)NC(=O)N(C)C1=O. The van der Waals surface area contributed by atoms with Gasteiger partial charge in [-0.15, -0.1) is 0 Å². The van der Waals surface area contributed by atoms with Crippen molar-refractivity contribution < 1.29 is 18.8 Å². The molecule has 4 amide bonds. The molecule has 1 aromatic carbocycles. The Morgan fingerprint density at radius 1 is 1.23 bits per heavy atom. The van der Waals surface area contributed by atoms with Crippen molar-refractivity contribution in [3.8, 4) is 0 Å². The summed E-state index contributed by atoms with van der Waals surface area (Å²) >= 11 is 0. The minimum Gasteiger partial charge on any atom is -0.364 e. The first-order chi connectivity index (χ1) is 12.3. The number of nitrogens with zero attached hydrogens (tertiary/aromatic N) is 2. The van der Waals surface area contributed by atoms with Crippen molar-refractivity contribution in [1.29, 1.82) is 0 Å². The van der Waals surface area contributed by atoms with Crippen molar-refractivity contribution in [3.05, 3.63) is 29.6 Å². The Morgan fingerprint density at radius 3 is 2.69 bits per heavy atom. The summed E-state index contributed by atoms with van der Waals surface area (Å²) < 4.78 is 14.7. The van der Waals surface area contributed by atoms with Crippen LogP contribution in [0.25, 0.3) is 0 Å². The molecule has 0 bridgehead atoms. The van der Waals surface area contributed by atoms with Gasteiger partial charge in [0.1, 0.15) is 5.82 Å². The predicted octanol–water partition coefficient (Wildman–Crippen LogP) is 1.93. The van der Waals surface area contributed by atoms with Crippen molar-refractivity contribution in [2.75, 3.05) is 18.5 Å². The summed E-state index contributed by atoms with van der Waals surface area (Å²) in [4.78, 5) is 41.0. The molecule has 1 N–H and O–H groups in total. The monoisotopic (exact) mass is 359 g/mol. The van der Waals surface area contributed by atoms with E-state index in [9.17, 15) is 18.8 Å². The predicted molar refractivity (Wildman–Crippen MR) is 92.9 cm³/mol. The van der Waals surface area contributed by atoms with E-state index >= 15 is 0 Å². The van der Waals surface area contributed by atoms with Crippen molar-refractivity contribution in [1.82, 2.24) is 10.2 Å². The Balaban J connectivity index is 1.95. The van der Waals surface area contributed by atoms with E-state index in [1.54, 1.807) is 12.1 Å². The quantitative estimate of drug-likeness (QED) is 0.719. The Hall–Kier alpha value is -2.44. The van der Waals surface area contributed by atoms with Crippen LogP contribution in [0.1, 0.15) is 25.8 Å². The summed E-state index contributed by atoms with van der Waals surface area (Å²) in [6, 6.07) is 3.58. The van der Waals surface area contributed by atoms with Crippen LogP contribution in [-0.4, -0.2) is 42.4 Å². The molecule has 4 atom stereocenters. The standard InChI is InChI=1S/C19H22FN3O3/c1-10-7-11(2)15-19(16(24)21-18(26)22(3)17(19)25)8-12-5-4-6-13(20)14(12)23(15)9-10/h4-6,10-11,15H,7-9H2,1-3H3,(H,21,24,26)/t10-,11+,15+,19-/m0/s1. The minimum absolute atomic E-state index is 0.00260. The number of nitrogens with one attached hydrogen (secondary N) is 1. The molecule has 3 heterocycles. The molecule has 138 valence electrons. The maximum absolute atomic E-state index is 14.7. The van der Waals surface area contributed by atoms with E-state index < -0.39 is 29.3 Å². The van der Waals surface area contributed by atoms with Crippen LogP contribution in [0.15, 0.2) is 18.2 Å². The highest BCUT2D eigenvalue weighted by molar-refractivity contribution is 6.20. The van der Waals surface area contributed by atoms with E-state index in [0.717, 1.165) is 11.3 Å². The van der Waals surface area contributed by atoms with Crippen LogP contribution in [0.3, 0.4) is 0 Å². The largest absolute Gasteiger partial charge is 0.364 e. The number of rotatable bonds is 0. The van der Waals surface area contributed by atoms with Gasteiger partial charge in [-0.2, -0.15) is 0 Å². The normalized spacial score (nSPS) is 33.8. The lowest BCUT2D eigenvalue weighted by Gasteiger charge is -2.56. The maximum Gasteiger partial charge on any atom is 0.330 e. The van der Waals surface area contributed by atoms with Crippen LogP contribution in [0, 0.1) is 23.1 Å². The zero-order valence-corrected chi connectivity index (χ0v) is 15.1. The number of barbiturate groups is 1. The molecule has 0 aromatic heterocycles. The maximum atomic E-state index is 14.7. The van der Waals surface area contributed by atoms with E-state index in [1.165, 1.54) is 13.1 Å². The van der Waals surface area contributed by atoms with Crippen molar-refractivity contribution >= 4 is 23.5 Å². The molecule has 2 saturated heterocycles. The Morgan fingerprint density at radius 2 is 1.96 bits per heavy atom. The third kappa shape index (κ3) is 2.06. The first kappa shape index (κ1) is 17.0. The second-order valence-corrected chi connectivity index (χ2v) is 7.93. The molecule has 26 heavy (non-hydrogen) atoms. The fraction of sp³-hybridized carbons (Fsp3) is 0.526. The highest BCUT2D eigenvalue weighted by atomic mass is 19.1. The second kappa shape index (κ2) is 5.53. The van der Waals surface area contributed by atoms with Gasteiger partial charge in [0, 0.05) is 13.6 Å². The number of carbonyl (C=O) groups excluding carboxylic acids is 3. The van der Waals surface area contributed by atoms with Gasteiger partial charge in [-0.25, -0.2) is 9.18 Å². The van der Waals surface area contributed by atoms with Crippen molar-refractivity contribution in [2.45, 2.75) is 32.7 Å². The van der Waals surface area contributed by atoms with Gasteiger partial charge in [-0.1, -0.05) is 26.0 Å². The molecule has 1 aromatic rings. The lowest BCUT2D eigenvalue weighted by molar-refractivity contribution is -0.154. The third-order valence-corrected chi connectivity index (χ3v) is 6.11. The van der Waals surface area contributed by atoms with E-state index in [-0.39, 0.29) is 18.2 Å². The van der Waals surface area contributed by atoms with E-state index in [0.29, 0.717) is 23.7 Å². The highest BCUT2D eigenvalue weighted by Crippen LogP contribution is 2.50. The fourth-order valence-corrected chi connectivity index (χ4v) is 5.20. The molecule has 0 unspecified atom stereocenters. The lowest BCUT2D eigenvalue weighted by atomic mass is 9.62. The number of piperidine rings is 1. The highest BCUT2D eigenvalue weighted by Gasteiger charge is 2.63.